The van der Waals surface area contributed by atoms with Crippen molar-refractivity contribution in [3.63, 3.8) is 0 Å². The largest absolute Gasteiger partial charge is 0.496 e. The number of nitrogens with zero attached hydrogens (tertiary/aromatic N) is 4. The summed E-state index contributed by atoms with van der Waals surface area (Å²) in [4.78, 5) is 17.0. The standard InChI is InChI=1S/C22H19BrClN5O2S2/c1-3-29-20(16-10-15(24)8-9-18(16)31-2)27-28-22(29)33-12-19(30)26-21-25-17(11-32-21)13-4-6-14(23)7-5-13/h4-11H,3,12H2,1-2H3,(H,25,26,30). The molecule has 4 aromatic rings. The maximum atomic E-state index is 12.5. The highest BCUT2D eigenvalue weighted by Crippen LogP contribution is 2.33. The molecular formula is C22H19BrClN5O2S2. The van der Waals surface area contributed by atoms with E-state index in [1.165, 1.54) is 23.1 Å². The van der Waals surface area contributed by atoms with Gasteiger partial charge in [0.05, 0.1) is 24.1 Å². The summed E-state index contributed by atoms with van der Waals surface area (Å²) >= 11 is 12.3. The fourth-order valence-corrected chi connectivity index (χ4v) is 5.08. The summed E-state index contributed by atoms with van der Waals surface area (Å²) in [5.74, 6) is 1.31. The first-order chi connectivity index (χ1) is 16.0. The SMILES string of the molecule is CCn1c(SCC(=O)Nc2nc(-c3ccc(Br)cc3)cs2)nnc1-c1cc(Cl)ccc1OC. The predicted molar refractivity (Wildman–Crippen MR) is 137 cm³/mol. The minimum Gasteiger partial charge on any atom is -0.496 e. The lowest BCUT2D eigenvalue weighted by Gasteiger charge is -2.11. The monoisotopic (exact) mass is 563 g/mol. The van der Waals surface area contributed by atoms with Gasteiger partial charge >= 0.3 is 0 Å². The first kappa shape index (κ1) is 23.7. The van der Waals surface area contributed by atoms with Crippen molar-refractivity contribution in [3.8, 4) is 28.4 Å². The summed E-state index contributed by atoms with van der Waals surface area (Å²) in [5, 5.41) is 15.2. The summed E-state index contributed by atoms with van der Waals surface area (Å²) in [6.07, 6.45) is 0. The topological polar surface area (TPSA) is 81.9 Å². The van der Waals surface area contributed by atoms with Crippen molar-refractivity contribution >= 4 is 61.7 Å². The van der Waals surface area contributed by atoms with E-state index >= 15 is 0 Å². The van der Waals surface area contributed by atoms with E-state index in [9.17, 15) is 4.79 Å². The summed E-state index contributed by atoms with van der Waals surface area (Å²) in [7, 11) is 1.60. The molecule has 33 heavy (non-hydrogen) atoms. The van der Waals surface area contributed by atoms with Gasteiger partial charge in [-0.05, 0) is 37.3 Å². The normalized spacial score (nSPS) is 10.9. The Kier molecular flexibility index (Phi) is 7.69. The third kappa shape index (κ3) is 5.57. The van der Waals surface area contributed by atoms with Gasteiger partial charge in [-0.1, -0.05) is 51.4 Å². The molecule has 0 unspecified atom stereocenters. The van der Waals surface area contributed by atoms with Crippen LogP contribution in [0, 0.1) is 0 Å². The molecule has 2 aromatic heterocycles. The number of anilines is 1. The highest BCUT2D eigenvalue weighted by Gasteiger charge is 2.18. The van der Waals surface area contributed by atoms with Crippen molar-refractivity contribution in [2.45, 2.75) is 18.6 Å². The molecule has 2 heterocycles. The average Bonchev–Trinajstić information content (AvgIpc) is 3.45. The van der Waals surface area contributed by atoms with Gasteiger partial charge in [0.2, 0.25) is 5.91 Å². The lowest BCUT2D eigenvalue weighted by atomic mass is 10.2. The Labute approximate surface area is 212 Å². The Morgan fingerprint density at radius 3 is 2.76 bits per heavy atom. The first-order valence-corrected chi connectivity index (χ1v) is 12.9. The molecule has 4 rings (SSSR count). The third-order valence-corrected chi connectivity index (χ3v) is 7.15. The molecule has 0 spiro atoms. The van der Waals surface area contributed by atoms with Gasteiger partial charge in [-0.25, -0.2) is 4.98 Å². The number of hydrogen-bond donors (Lipinski definition) is 1. The Morgan fingerprint density at radius 2 is 2.03 bits per heavy atom. The molecule has 0 saturated carbocycles. The summed E-state index contributed by atoms with van der Waals surface area (Å²) in [6, 6.07) is 13.2. The van der Waals surface area contributed by atoms with Crippen LogP contribution >= 0.6 is 50.6 Å². The molecule has 2 aromatic carbocycles. The van der Waals surface area contributed by atoms with E-state index in [1.54, 1.807) is 25.3 Å². The van der Waals surface area contributed by atoms with Gasteiger partial charge in [0.1, 0.15) is 5.75 Å². The highest BCUT2D eigenvalue weighted by molar-refractivity contribution is 9.10. The van der Waals surface area contributed by atoms with Crippen LogP contribution in [0.15, 0.2) is 57.5 Å². The Bertz CT molecular complexity index is 1280. The molecule has 0 fully saturated rings. The lowest BCUT2D eigenvalue weighted by molar-refractivity contribution is -0.113. The Morgan fingerprint density at radius 1 is 1.24 bits per heavy atom. The van der Waals surface area contributed by atoms with Crippen LogP contribution in [0.5, 0.6) is 5.75 Å². The molecular weight excluding hydrogens is 546 g/mol. The number of hydrogen-bond acceptors (Lipinski definition) is 7. The fourth-order valence-electron chi connectivity index (χ4n) is 3.10. The van der Waals surface area contributed by atoms with Gasteiger partial charge in [0.25, 0.3) is 0 Å². The van der Waals surface area contributed by atoms with Crippen LogP contribution in [0.4, 0.5) is 5.13 Å². The number of thioether (sulfide) groups is 1. The smallest absolute Gasteiger partial charge is 0.236 e. The van der Waals surface area contributed by atoms with Gasteiger partial charge in [-0.15, -0.1) is 21.5 Å². The van der Waals surface area contributed by atoms with E-state index in [2.05, 4.69) is 36.4 Å². The maximum Gasteiger partial charge on any atom is 0.236 e. The molecule has 0 radical (unpaired) electrons. The van der Waals surface area contributed by atoms with Crippen molar-refractivity contribution in [1.29, 1.82) is 0 Å². The molecule has 0 aliphatic rings. The summed E-state index contributed by atoms with van der Waals surface area (Å²) in [6.45, 7) is 2.62. The number of carbonyl (C=O) groups is 1. The molecule has 0 bridgehead atoms. The zero-order valence-corrected chi connectivity index (χ0v) is 21.7. The van der Waals surface area contributed by atoms with E-state index in [0.717, 1.165) is 21.3 Å². The zero-order valence-electron chi connectivity index (χ0n) is 17.7. The quantitative estimate of drug-likeness (QED) is 0.255. The molecule has 1 amide bonds. The second-order valence-electron chi connectivity index (χ2n) is 6.78. The number of methoxy groups -OCH3 is 1. The minimum atomic E-state index is -0.163. The second-order valence-corrected chi connectivity index (χ2v) is 9.93. The van der Waals surface area contributed by atoms with Gasteiger partial charge in [-0.2, -0.15) is 0 Å². The van der Waals surface area contributed by atoms with Gasteiger partial charge in [0, 0.05) is 27.0 Å². The second kappa shape index (κ2) is 10.7. The number of benzene rings is 2. The average molecular weight is 565 g/mol. The van der Waals surface area contributed by atoms with Crippen molar-refractivity contribution in [1.82, 2.24) is 19.7 Å². The van der Waals surface area contributed by atoms with E-state index in [0.29, 0.717) is 33.4 Å². The number of amides is 1. The molecule has 1 N–H and O–H groups in total. The van der Waals surface area contributed by atoms with Crippen LogP contribution in [-0.2, 0) is 11.3 Å². The lowest BCUT2D eigenvalue weighted by Crippen LogP contribution is -2.14. The van der Waals surface area contributed by atoms with Crippen molar-refractivity contribution in [2.75, 3.05) is 18.2 Å². The number of rotatable bonds is 8. The molecule has 0 aliphatic carbocycles. The number of aromatic nitrogens is 4. The van der Waals surface area contributed by atoms with Crippen LogP contribution in [0.2, 0.25) is 5.02 Å². The Balaban J connectivity index is 1.43. The molecule has 0 aliphatic heterocycles. The predicted octanol–water partition coefficient (Wildman–Crippen LogP) is 6.24. The minimum absolute atomic E-state index is 0.163. The molecule has 0 atom stereocenters. The number of nitrogens with one attached hydrogen (secondary N) is 1. The first-order valence-electron chi connectivity index (χ1n) is 9.89. The van der Waals surface area contributed by atoms with Crippen molar-refractivity contribution in [2.24, 2.45) is 0 Å². The van der Waals surface area contributed by atoms with Gasteiger partial charge < -0.3 is 14.6 Å². The molecule has 0 saturated heterocycles. The van der Waals surface area contributed by atoms with Crippen molar-refractivity contribution in [3.05, 3.63) is 57.3 Å². The van der Waals surface area contributed by atoms with E-state index in [1.807, 2.05) is 41.1 Å². The third-order valence-electron chi connectivity index (χ3n) is 4.66. The van der Waals surface area contributed by atoms with Crippen LogP contribution in [0.25, 0.3) is 22.6 Å². The maximum absolute atomic E-state index is 12.5. The van der Waals surface area contributed by atoms with Crippen LogP contribution < -0.4 is 10.1 Å². The highest BCUT2D eigenvalue weighted by atomic mass is 79.9. The van der Waals surface area contributed by atoms with Crippen LogP contribution in [-0.4, -0.2) is 38.5 Å². The van der Waals surface area contributed by atoms with Crippen LogP contribution in [0.1, 0.15) is 6.92 Å². The van der Waals surface area contributed by atoms with E-state index in [-0.39, 0.29) is 11.7 Å². The fraction of sp³-hybridized carbons (Fsp3) is 0.182. The van der Waals surface area contributed by atoms with Crippen molar-refractivity contribution < 1.29 is 9.53 Å². The van der Waals surface area contributed by atoms with Gasteiger partial charge in [0.15, 0.2) is 16.1 Å². The number of carbonyl (C=O) groups excluding carboxylic acids is 1. The number of ether oxygens (including phenoxy) is 1. The van der Waals surface area contributed by atoms with E-state index in [4.69, 9.17) is 16.3 Å². The van der Waals surface area contributed by atoms with Crippen LogP contribution in [0.3, 0.4) is 0 Å². The molecule has 11 heteroatoms. The summed E-state index contributed by atoms with van der Waals surface area (Å²) < 4.78 is 8.38. The molecule has 170 valence electrons. The van der Waals surface area contributed by atoms with E-state index < -0.39 is 0 Å². The Hall–Kier alpha value is -2.40. The number of halogens is 2. The molecule has 7 nitrogen and oxygen atoms in total. The zero-order chi connectivity index (χ0) is 23.4. The summed E-state index contributed by atoms with van der Waals surface area (Å²) in [5.41, 5.74) is 2.56. The van der Waals surface area contributed by atoms with Gasteiger partial charge in [-0.3, -0.25) is 4.79 Å². The number of thiazole rings is 1.